The Morgan fingerprint density at radius 2 is 2.00 bits per heavy atom. The molecule has 0 aromatic heterocycles. The average Bonchev–Trinajstić information content (AvgIpc) is 2.59. The van der Waals surface area contributed by atoms with Crippen molar-refractivity contribution in [2.45, 2.75) is 51.4 Å². The molecule has 1 fully saturated rings. The molecule has 1 unspecified atom stereocenters. The van der Waals surface area contributed by atoms with Crippen molar-refractivity contribution in [2.24, 2.45) is 0 Å². The fraction of sp³-hybridized carbons (Fsp3) is 0.562. The number of aldehydes is 1. The minimum absolute atomic E-state index is 0.0974. The topological polar surface area (TPSA) is 44.8 Å². The Kier molecular flexibility index (Phi) is 4.36. The van der Waals surface area contributed by atoms with Crippen LogP contribution in [0.25, 0.3) is 0 Å². The first-order valence-corrected chi connectivity index (χ1v) is 7.67. The van der Waals surface area contributed by atoms with Crippen molar-refractivity contribution in [1.29, 1.82) is 0 Å². The van der Waals surface area contributed by atoms with Gasteiger partial charge >= 0.3 is 0 Å². The van der Waals surface area contributed by atoms with Gasteiger partial charge in [0.05, 0.1) is 17.2 Å². The monoisotopic (exact) mass is 356 g/mol. The lowest BCUT2D eigenvalue weighted by Gasteiger charge is -2.28. The van der Waals surface area contributed by atoms with Crippen LogP contribution in [-0.2, 0) is 4.74 Å². The Morgan fingerprint density at radius 1 is 1.33 bits per heavy atom. The van der Waals surface area contributed by atoms with E-state index in [1.165, 1.54) is 0 Å². The summed E-state index contributed by atoms with van der Waals surface area (Å²) in [5, 5.41) is 0. The number of ether oxygens (including phenoxy) is 3. The first-order chi connectivity index (χ1) is 9.68. The second-order valence-electron chi connectivity index (χ2n) is 6.43. The number of hydrogen-bond donors (Lipinski definition) is 0. The molecule has 4 nitrogen and oxygen atoms in total. The Morgan fingerprint density at radius 3 is 2.48 bits per heavy atom. The van der Waals surface area contributed by atoms with Crippen LogP contribution in [0, 0.1) is 0 Å². The molecule has 21 heavy (non-hydrogen) atoms. The minimum atomic E-state index is -0.392. The van der Waals surface area contributed by atoms with E-state index in [0.717, 1.165) is 12.7 Å². The molecule has 0 amide bonds. The highest BCUT2D eigenvalue weighted by Crippen LogP contribution is 2.43. The van der Waals surface area contributed by atoms with Crippen LogP contribution < -0.4 is 9.47 Å². The smallest absolute Gasteiger partial charge is 0.175 e. The molecule has 0 saturated carbocycles. The zero-order valence-corrected chi connectivity index (χ0v) is 14.6. The molecule has 116 valence electrons. The molecule has 0 aliphatic carbocycles. The van der Waals surface area contributed by atoms with Gasteiger partial charge in [0.2, 0.25) is 0 Å². The summed E-state index contributed by atoms with van der Waals surface area (Å²) in [5.41, 5.74) is -0.0817. The summed E-state index contributed by atoms with van der Waals surface area (Å²) < 4.78 is 18.3. The van der Waals surface area contributed by atoms with Crippen LogP contribution in [-0.4, -0.2) is 30.7 Å². The second-order valence-corrected chi connectivity index (χ2v) is 7.28. The maximum Gasteiger partial charge on any atom is 0.175 e. The maximum absolute atomic E-state index is 10.9. The van der Waals surface area contributed by atoms with Gasteiger partial charge in [-0.05, 0) is 55.8 Å². The van der Waals surface area contributed by atoms with Crippen molar-refractivity contribution in [3.05, 3.63) is 22.2 Å². The van der Waals surface area contributed by atoms with Crippen molar-refractivity contribution < 1.29 is 19.0 Å². The number of halogens is 1. The van der Waals surface area contributed by atoms with Crippen LogP contribution in [0.2, 0.25) is 0 Å². The third kappa shape index (κ3) is 3.40. The highest BCUT2D eigenvalue weighted by atomic mass is 79.9. The van der Waals surface area contributed by atoms with Crippen molar-refractivity contribution in [1.82, 2.24) is 0 Å². The van der Waals surface area contributed by atoms with Crippen LogP contribution in [0.1, 0.15) is 44.5 Å². The molecule has 1 atom stereocenters. The van der Waals surface area contributed by atoms with Gasteiger partial charge in [-0.15, -0.1) is 0 Å². The van der Waals surface area contributed by atoms with Gasteiger partial charge in [-0.1, -0.05) is 0 Å². The van der Waals surface area contributed by atoms with E-state index in [9.17, 15) is 4.79 Å². The van der Waals surface area contributed by atoms with E-state index in [1.807, 2.05) is 13.8 Å². The van der Waals surface area contributed by atoms with E-state index in [1.54, 1.807) is 19.2 Å². The summed E-state index contributed by atoms with van der Waals surface area (Å²) >= 11 is 3.45. The van der Waals surface area contributed by atoms with Crippen LogP contribution >= 0.6 is 15.9 Å². The molecule has 1 heterocycles. The lowest BCUT2D eigenvalue weighted by atomic mass is 9.97. The van der Waals surface area contributed by atoms with Gasteiger partial charge in [0.1, 0.15) is 18.0 Å². The number of carbonyl (C=O) groups is 1. The van der Waals surface area contributed by atoms with E-state index >= 15 is 0 Å². The van der Waals surface area contributed by atoms with Gasteiger partial charge < -0.3 is 14.2 Å². The zero-order chi connectivity index (χ0) is 15.8. The van der Waals surface area contributed by atoms with Crippen LogP contribution in [0.15, 0.2) is 16.6 Å². The normalized spacial score (nSPS) is 22.9. The number of hydrogen-bond acceptors (Lipinski definition) is 4. The third-order valence-electron chi connectivity index (χ3n) is 3.64. The average molecular weight is 357 g/mol. The summed E-state index contributed by atoms with van der Waals surface area (Å²) in [6.45, 7) is 8.15. The number of carbonyl (C=O) groups excluding carboxylic acids is 1. The summed E-state index contributed by atoms with van der Waals surface area (Å²) in [7, 11) is 1.56. The highest BCUT2D eigenvalue weighted by Gasteiger charge is 2.47. The predicted octanol–water partition coefficient (Wildman–Crippen LogP) is 4.00. The molecule has 1 saturated heterocycles. The van der Waals surface area contributed by atoms with Gasteiger partial charge in [-0.3, -0.25) is 4.79 Å². The standard InChI is InChI=1S/C16H21BrO4/c1-15(2)8-13(16(3,4)21-15)20-14-11(17)6-10(9-18)7-12(14)19-5/h6-7,9,13H,8H2,1-5H3. The largest absolute Gasteiger partial charge is 0.493 e. The fourth-order valence-electron chi connectivity index (χ4n) is 2.76. The van der Waals surface area contributed by atoms with E-state index in [4.69, 9.17) is 14.2 Å². The van der Waals surface area contributed by atoms with Gasteiger partial charge in [-0.2, -0.15) is 0 Å². The molecular weight excluding hydrogens is 336 g/mol. The molecule has 0 radical (unpaired) electrons. The Bertz CT molecular complexity index is 551. The number of rotatable bonds is 4. The highest BCUT2D eigenvalue weighted by molar-refractivity contribution is 9.10. The molecule has 1 aromatic rings. The van der Waals surface area contributed by atoms with Crippen molar-refractivity contribution in [3.8, 4) is 11.5 Å². The molecule has 0 bridgehead atoms. The SMILES string of the molecule is COc1cc(C=O)cc(Br)c1OC1CC(C)(C)OC1(C)C. The molecule has 5 heteroatoms. The van der Waals surface area contributed by atoms with Crippen LogP contribution in [0.5, 0.6) is 11.5 Å². The van der Waals surface area contributed by atoms with Gasteiger partial charge in [0, 0.05) is 12.0 Å². The molecular formula is C16H21BrO4. The zero-order valence-electron chi connectivity index (χ0n) is 13.0. The Labute approximate surface area is 133 Å². The van der Waals surface area contributed by atoms with E-state index in [2.05, 4.69) is 29.8 Å². The summed E-state index contributed by atoms with van der Waals surface area (Å²) in [4.78, 5) is 10.9. The van der Waals surface area contributed by atoms with Gasteiger partial charge in [0.25, 0.3) is 0 Å². The van der Waals surface area contributed by atoms with E-state index in [0.29, 0.717) is 21.5 Å². The van der Waals surface area contributed by atoms with Crippen LogP contribution in [0.4, 0.5) is 0 Å². The first-order valence-electron chi connectivity index (χ1n) is 6.88. The van der Waals surface area contributed by atoms with Crippen molar-refractivity contribution in [3.63, 3.8) is 0 Å². The predicted molar refractivity (Wildman–Crippen MR) is 84.4 cm³/mol. The van der Waals surface area contributed by atoms with E-state index in [-0.39, 0.29) is 11.7 Å². The summed E-state index contributed by atoms with van der Waals surface area (Å²) in [6, 6.07) is 3.39. The van der Waals surface area contributed by atoms with E-state index < -0.39 is 5.60 Å². The Balaban J connectivity index is 2.34. The molecule has 0 spiro atoms. The minimum Gasteiger partial charge on any atom is -0.493 e. The molecule has 1 aliphatic heterocycles. The summed E-state index contributed by atoms with van der Waals surface area (Å²) in [6.07, 6.45) is 1.47. The summed E-state index contributed by atoms with van der Waals surface area (Å²) in [5.74, 6) is 1.13. The third-order valence-corrected chi connectivity index (χ3v) is 4.23. The number of methoxy groups -OCH3 is 1. The van der Waals surface area contributed by atoms with Crippen LogP contribution in [0.3, 0.4) is 0 Å². The molecule has 1 aliphatic rings. The lowest BCUT2D eigenvalue weighted by molar-refractivity contribution is -0.0848. The fourth-order valence-corrected chi connectivity index (χ4v) is 3.31. The number of benzene rings is 1. The maximum atomic E-state index is 10.9. The molecule has 1 aromatic carbocycles. The first kappa shape index (κ1) is 16.3. The second kappa shape index (κ2) is 5.61. The van der Waals surface area contributed by atoms with Gasteiger partial charge in [0.15, 0.2) is 11.5 Å². The Hall–Kier alpha value is -1.07. The van der Waals surface area contributed by atoms with Gasteiger partial charge in [-0.25, -0.2) is 0 Å². The molecule has 2 rings (SSSR count). The molecule has 0 N–H and O–H groups in total. The van der Waals surface area contributed by atoms with Crippen molar-refractivity contribution >= 4 is 22.2 Å². The lowest BCUT2D eigenvalue weighted by Crippen LogP contribution is -2.36. The van der Waals surface area contributed by atoms with Crippen molar-refractivity contribution in [2.75, 3.05) is 7.11 Å². The quantitative estimate of drug-likeness (QED) is 0.765.